The van der Waals surface area contributed by atoms with Crippen LogP contribution in [-0.2, 0) is 18.9 Å². The molecule has 0 unspecified atom stereocenters. The van der Waals surface area contributed by atoms with E-state index < -0.39 is 0 Å². The second-order valence-electron chi connectivity index (χ2n) is 8.14. The Bertz CT molecular complexity index is 1090. The molecule has 2 N–H and O–H groups in total. The lowest BCUT2D eigenvalue weighted by molar-refractivity contribution is 0.185. The summed E-state index contributed by atoms with van der Waals surface area (Å²) in [5.74, 6) is 1.61. The van der Waals surface area contributed by atoms with Crippen molar-refractivity contribution in [3.63, 3.8) is 0 Å². The van der Waals surface area contributed by atoms with Crippen LogP contribution in [0.25, 0.3) is 5.69 Å². The van der Waals surface area contributed by atoms with Gasteiger partial charge < -0.3 is 10.3 Å². The Balaban J connectivity index is 1.86. The number of nitrogens with zero attached hydrogens (tertiary/aromatic N) is 4. The third-order valence-electron chi connectivity index (χ3n) is 6.14. The highest BCUT2D eigenvalue weighted by molar-refractivity contribution is 5.52. The first-order valence-electron chi connectivity index (χ1n) is 9.83. The van der Waals surface area contributed by atoms with Gasteiger partial charge in [0.15, 0.2) is 0 Å². The second kappa shape index (κ2) is 6.62. The van der Waals surface area contributed by atoms with Crippen molar-refractivity contribution in [2.24, 2.45) is 13.0 Å². The van der Waals surface area contributed by atoms with Crippen LogP contribution in [0.2, 0.25) is 0 Å². The SMILES string of the molecule is CCc1c(C)cn(-c2cccc(C3(c4nncn4C)CC(C)C3)c2)c(=O)c1N. The first-order valence-corrected chi connectivity index (χ1v) is 9.83. The van der Waals surface area contributed by atoms with Crippen molar-refractivity contribution in [1.82, 2.24) is 19.3 Å². The Hall–Kier alpha value is -2.89. The minimum Gasteiger partial charge on any atom is -0.394 e. The molecule has 4 rings (SSSR count). The molecule has 146 valence electrons. The van der Waals surface area contributed by atoms with Gasteiger partial charge in [-0.15, -0.1) is 10.2 Å². The molecule has 2 heterocycles. The molecule has 28 heavy (non-hydrogen) atoms. The van der Waals surface area contributed by atoms with Crippen molar-refractivity contribution in [3.05, 3.63) is 69.7 Å². The predicted molar refractivity (Wildman–Crippen MR) is 111 cm³/mol. The summed E-state index contributed by atoms with van der Waals surface area (Å²) in [5, 5.41) is 8.51. The number of anilines is 1. The smallest absolute Gasteiger partial charge is 0.278 e. The molecule has 0 bridgehead atoms. The largest absolute Gasteiger partial charge is 0.394 e. The first kappa shape index (κ1) is 18.5. The quantitative estimate of drug-likeness (QED) is 0.758. The van der Waals surface area contributed by atoms with Crippen LogP contribution in [0, 0.1) is 12.8 Å². The van der Waals surface area contributed by atoms with E-state index >= 15 is 0 Å². The maximum absolute atomic E-state index is 12.9. The van der Waals surface area contributed by atoms with Crippen LogP contribution in [0.5, 0.6) is 0 Å². The van der Waals surface area contributed by atoms with Crippen molar-refractivity contribution in [3.8, 4) is 5.69 Å². The molecule has 0 amide bonds. The van der Waals surface area contributed by atoms with E-state index in [9.17, 15) is 4.79 Å². The lowest BCUT2D eigenvalue weighted by Crippen LogP contribution is -2.43. The van der Waals surface area contributed by atoms with Gasteiger partial charge in [0.1, 0.15) is 17.8 Å². The zero-order valence-electron chi connectivity index (χ0n) is 16.9. The van der Waals surface area contributed by atoms with E-state index in [4.69, 9.17) is 5.73 Å². The topological polar surface area (TPSA) is 78.7 Å². The number of benzene rings is 1. The molecule has 2 aromatic heterocycles. The molecule has 6 heteroatoms. The molecule has 6 nitrogen and oxygen atoms in total. The van der Waals surface area contributed by atoms with E-state index in [-0.39, 0.29) is 11.0 Å². The maximum Gasteiger partial charge on any atom is 0.278 e. The normalized spacial score (nSPS) is 21.5. The number of hydrogen-bond donors (Lipinski definition) is 1. The summed E-state index contributed by atoms with van der Waals surface area (Å²) in [7, 11) is 1.99. The Labute approximate surface area is 165 Å². The number of aromatic nitrogens is 4. The van der Waals surface area contributed by atoms with Gasteiger partial charge in [0.2, 0.25) is 0 Å². The summed E-state index contributed by atoms with van der Waals surface area (Å²) in [6.45, 7) is 6.28. The second-order valence-corrected chi connectivity index (χ2v) is 8.14. The van der Waals surface area contributed by atoms with Crippen LogP contribution >= 0.6 is 0 Å². The molecule has 1 saturated carbocycles. The van der Waals surface area contributed by atoms with Crippen molar-refractivity contribution in [2.75, 3.05) is 5.73 Å². The molecule has 1 aliphatic carbocycles. The molecule has 0 spiro atoms. The fraction of sp³-hybridized carbons (Fsp3) is 0.409. The number of rotatable bonds is 4. The van der Waals surface area contributed by atoms with Crippen LogP contribution in [0.1, 0.15) is 49.2 Å². The monoisotopic (exact) mass is 377 g/mol. The van der Waals surface area contributed by atoms with E-state index in [2.05, 4.69) is 29.3 Å². The number of aryl methyl sites for hydroxylation is 2. The van der Waals surface area contributed by atoms with Gasteiger partial charge in [-0.1, -0.05) is 26.0 Å². The van der Waals surface area contributed by atoms with E-state index in [0.717, 1.165) is 41.9 Å². The van der Waals surface area contributed by atoms with Gasteiger partial charge in [0.25, 0.3) is 5.56 Å². The van der Waals surface area contributed by atoms with Gasteiger partial charge >= 0.3 is 0 Å². The minimum absolute atomic E-state index is 0.158. The molecule has 0 radical (unpaired) electrons. The summed E-state index contributed by atoms with van der Waals surface area (Å²) in [5.41, 5.74) is 10.1. The van der Waals surface area contributed by atoms with E-state index in [0.29, 0.717) is 11.6 Å². The highest BCUT2D eigenvalue weighted by atomic mass is 16.1. The van der Waals surface area contributed by atoms with Crippen molar-refractivity contribution in [2.45, 2.75) is 45.4 Å². The van der Waals surface area contributed by atoms with Gasteiger partial charge in [-0.05, 0) is 60.9 Å². The van der Waals surface area contributed by atoms with E-state index in [1.54, 1.807) is 10.9 Å². The molecule has 0 saturated heterocycles. The zero-order valence-corrected chi connectivity index (χ0v) is 16.9. The van der Waals surface area contributed by atoms with Gasteiger partial charge in [-0.2, -0.15) is 0 Å². The van der Waals surface area contributed by atoms with Crippen molar-refractivity contribution in [1.29, 1.82) is 0 Å². The Morgan fingerprint density at radius 1 is 1.32 bits per heavy atom. The average Bonchev–Trinajstić information content (AvgIpc) is 3.08. The van der Waals surface area contributed by atoms with Crippen LogP contribution in [0.15, 0.2) is 41.6 Å². The Kier molecular flexibility index (Phi) is 4.37. The summed E-state index contributed by atoms with van der Waals surface area (Å²) >= 11 is 0. The molecular formula is C22H27N5O. The molecule has 0 aliphatic heterocycles. The lowest BCUT2D eigenvalue weighted by Gasteiger charge is -2.46. The van der Waals surface area contributed by atoms with Gasteiger partial charge in [-0.25, -0.2) is 0 Å². The van der Waals surface area contributed by atoms with E-state index in [1.165, 1.54) is 5.56 Å². The third kappa shape index (κ3) is 2.66. The summed E-state index contributed by atoms with van der Waals surface area (Å²) in [6, 6.07) is 8.21. The van der Waals surface area contributed by atoms with Gasteiger partial charge in [0, 0.05) is 18.9 Å². The number of nitrogens with two attached hydrogens (primary N) is 1. The van der Waals surface area contributed by atoms with E-state index in [1.807, 2.05) is 43.8 Å². The summed E-state index contributed by atoms with van der Waals surface area (Å²) in [6.07, 6.45) is 6.44. The summed E-state index contributed by atoms with van der Waals surface area (Å²) < 4.78 is 3.67. The van der Waals surface area contributed by atoms with Crippen LogP contribution in [0.3, 0.4) is 0 Å². The predicted octanol–water partition coefficient (Wildman–Crippen LogP) is 3.14. The molecule has 3 aromatic rings. The Morgan fingerprint density at radius 3 is 2.68 bits per heavy atom. The highest BCUT2D eigenvalue weighted by Crippen LogP contribution is 2.51. The van der Waals surface area contributed by atoms with Gasteiger partial charge in [0.05, 0.1) is 5.41 Å². The molecule has 1 aliphatic rings. The molecule has 1 aromatic carbocycles. The third-order valence-corrected chi connectivity index (χ3v) is 6.14. The fourth-order valence-electron chi connectivity index (χ4n) is 4.81. The van der Waals surface area contributed by atoms with Crippen molar-refractivity contribution >= 4 is 5.69 Å². The number of hydrogen-bond acceptors (Lipinski definition) is 4. The first-order chi connectivity index (χ1) is 13.4. The number of pyridine rings is 1. The average molecular weight is 377 g/mol. The Morgan fingerprint density at radius 2 is 2.07 bits per heavy atom. The minimum atomic E-state index is -0.158. The van der Waals surface area contributed by atoms with Crippen molar-refractivity contribution < 1.29 is 0 Å². The highest BCUT2D eigenvalue weighted by Gasteiger charge is 2.48. The maximum atomic E-state index is 12.9. The lowest BCUT2D eigenvalue weighted by atomic mass is 9.58. The molecular weight excluding hydrogens is 350 g/mol. The standard InChI is InChI=1S/C22H27N5O/c1-5-18-15(3)12-27(20(28)19(18)23)17-8-6-7-16(9-17)22(10-14(2)11-22)21-25-24-13-26(21)4/h6-9,12-14H,5,10-11,23H2,1-4H3. The van der Waals surface area contributed by atoms with Crippen LogP contribution in [0.4, 0.5) is 5.69 Å². The number of nitrogen functional groups attached to an aromatic ring is 1. The van der Waals surface area contributed by atoms with Crippen LogP contribution < -0.4 is 11.3 Å². The van der Waals surface area contributed by atoms with Gasteiger partial charge in [-0.3, -0.25) is 9.36 Å². The van der Waals surface area contributed by atoms with Crippen LogP contribution in [-0.4, -0.2) is 19.3 Å². The molecule has 0 atom stereocenters. The molecule has 1 fully saturated rings. The fourth-order valence-corrected chi connectivity index (χ4v) is 4.81. The zero-order chi connectivity index (χ0) is 20.1. The summed E-state index contributed by atoms with van der Waals surface area (Å²) in [4.78, 5) is 12.9.